The summed E-state index contributed by atoms with van der Waals surface area (Å²) in [4.78, 5) is 0. The number of halogens is 1. The van der Waals surface area contributed by atoms with Gasteiger partial charge in [0.15, 0.2) is 0 Å². The lowest BCUT2D eigenvalue weighted by molar-refractivity contribution is 0.469. The summed E-state index contributed by atoms with van der Waals surface area (Å²) in [6.45, 7) is 0.249. The summed E-state index contributed by atoms with van der Waals surface area (Å²) in [5.74, 6) is 0. The molecule has 0 fully saturated rings. The van der Waals surface area contributed by atoms with Crippen LogP contribution in [0.2, 0.25) is 0 Å². The predicted octanol–water partition coefficient (Wildman–Crippen LogP) is 2.91. The Bertz CT molecular complexity index is 683. The summed E-state index contributed by atoms with van der Waals surface area (Å²) >= 11 is 4.44. The molecule has 4 nitrogen and oxygen atoms in total. The Morgan fingerprint density at radius 3 is 2.58 bits per heavy atom. The summed E-state index contributed by atoms with van der Waals surface area (Å²) in [5.41, 5.74) is 7.22. The smallest absolute Gasteiger partial charge is 0.253 e. The van der Waals surface area contributed by atoms with Crippen molar-refractivity contribution < 1.29 is 8.42 Å². The Morgan fingerprint density at radius 2 is 2.00 bits per heavy atom. The van der Waals surface area contributed by atoms with Crippen molar-refractivity contribution in [2.24, 2.45) is 0 Å². The number of thiophene rings is 1. The van der Waals surface area contributed by atoms with Crippen molar-refractivity contribution in [1.82, 2.24) is 4.31 Å². The van der Waals surface area contributed by atoms with Crippen LogP contribution in [0.5, 0.6) is 0 Å². The van der Waals surface area contributed by atoms with E-state index in [0.29, 0.717) is 14.4 Å². The summed E-state index contributed by atoms with van der Waals surface area (Å²) in [6.07, 6.45) is 0. The summed E-state index contributed by atoms with van der Waals surface area (Å²) in [7, 11) is -1.94. The molecule has 0 saturated carbocycles. The highest BCUT2D eigenvalue weighted by Gasteiger charge is 2.25. The molecule has 0 amide bonds. The number of sulfonamides is 1. The Morgan fingerprint density at radius 1 is 1.32 bits per heavy atom. The first-order valence-electron chi connectivity index (χ1n) is 5.45. The van der Waals surface area contributed by atoms with Gasteiger partial charge in [-0.05, 0) is 39.0 Å². The van der Waals surface area contributed by atoms with Crippen LogP contribution in [0.1, 0.15) is 5.56 Å². The van der Waals surface area contributed by atoms with Crippen molar-refractivity contribution in [1.29, 1.82) is 0 Å². The van der Waals surface area contributed by atoms with Gasteiger partial charge in [-0.1, -0.05) is 18.2 Å². The van der Waals surface area contributed by atoms with Crippen LogP contribution < -0.4 is 5.73 Å². The minimum atomic E-state index is -3.49. The van der Waals surface area contributed by atoms with E-state index in [4.69, 9.17) is 5.73 Å². The van der Waals surface area contributed by atoms with Gasteiger partial charge >= 0.3 is 0 Å². The predicted molar refractivity (Wildman–Crippen MR) is 81.5 cm³/mol. The van der Waals surface area contributed by atoms with Gasteiger partial charge in [0, 0.05) is 23.8 Å². The van der Waals surface area contributed by atoms with Crippen LogP contribution in [0.3, 0.4) is 0 Å². The summed E-state index contributed by atoms with van der Waals surface area (Å²) < 4.78 is 27.0. The monoisotopic (exact) mass is 360 g/mol. The maximum absolute atomic E-state index is 12.4. The minimum absolute atomic E-state index is 0.249. The van der Waals surface area contributed by atoms with Crippen molar-refractivity contribution in [2.45, 2.75) is 10.8 Å². The summed E-state index contributed by atoms with van der Waals surface area (Å²) in [5, 5.41) is 1.74. The molecule has 19 heavy (non-hydrogen) atoms. The molecule has 102 valence electrons. The molecule has 2 aromatic rings. The van der Waals surface area contributed by atoms with Crippen LogP contribution >= 0.6 is 27.3 Å². The van der Waals surface area contributed by atoms with Crippen LogP contribution in [0.15, 0.2) is 44.4 Å². The number of anilines is 1. The molecule has 2 N–H and O–H groups in total. The average Bonchev–Trinajstić information content (AvgIpc) is 2.79. The molecule has 0 radical (unpaired) electrons. The fourth-order valence-corrected chi connectivity index (χ4v) is 5.26. The number of nitrogens with zero attached hydrogens (tertiary/aromatic N) is 1. The molecule has 0 atom stereocenters. The molecule has 0 aliphatic carbocycles. The van der Waals surface area contributed by atoms with Gasteiger partial charge in [-0.25, -0.2) is 8.42 Å². The fourth-order valence-electron chi connectivity index (χ4n) is 1.61. The molecule has 0 spiro atoms. The van der Waals surface area contributed by atoms with Gasteiger partial charge in [-0.2, -0.15) is 4.31 Å². The van der Waals surface area contributed by atoms with Gasteiger partial charge in [0.2, 0.25) is 0 Å². The molecular weight excluding hydrogens is 348 g/mol. The van der Waals surface area contributed by atoms with E-state index in [1.54, 1.807) is 24.6 Å². The number of nitrogen functional groups attached to an aromatic ring is 1. The van der Waals surface area contributed by atoms with Gasteiger partial charge in [0.05, 0.1) is 0 Å². The third kappa shape index (κ3) is 3.00. The number of benzene rings is 1. The number of hydrogen-bond donors (Lipinski definition) is 1. The Labute approximate surface area is 125 Å². The standard InChI is InChI=1S/C12H13BrN2O2S2/c1-15(8-9-4-2-3-5-11(9)14)19(16,17)12-10(13)6-7-18-12/h2-7H,8,14H2,1H3. The first-order chi connectivity index (χ1) is 8.93. The highest BCUT2D eigenvalue weighted by atomic mass is 79.9. The first kappa shape index (κ1) is 14.5. The molecule has 0 unspecified atom stereocenters. The molecule has 1 aromatic carbocycles. The number of nitrogens with two attached hydrogens (primary N) is 1. The van der Waals surface area contributed by atoms with Crippen LogP contribution in [0.25, 0.3) is 0 Å². The zero-order valence-corrected chi connectivity index (χ0v) is 13.4. The average molecular weight is 361 g/mol. The lowest BCUT2D eigenvalue weighted by Crippen LogP contribution is -2.26. The van der Waals surface area contributed by atoms with Crippen LogP contribution in [0.4, 0.5) is 5.69 Å². The Hall–Kier alpha value is -0.890. The topological polar surface area (TPSA) is 63.4 Å². The van der Waals surface area contributed by atoms with Gasteiger partial charge < -0.3 is 5.73 Å². The second-order valence-corrected chi connectivity index (χ2v) is 8.03. The van der Waals surface area contributed by atoms with E-state index in [9.17, 15) is 8.42 Å². The number of rotatable bonds is 4. The fraction of sp³-hybridized carbons (Fsp3) is 0.167. The molecule has 7 heteroatoms. The van der Waals surface area contributed by atoms with Crippen molar-refractivity contribution in [3.8, 4) is 0 Å². The molecule has 0 saturated heterocycles. The van der Waals surface area contributed by atoms with E-state index < -0.39 is 10.0 Å². The number of hydrogen-bond acceptors (Lipinski definition) is 4. The second kappa shape index (κ2) is 5.62. The Balaban J connectivity index is 2.28. The van der Waals surface area contributed by atoms with E-state index >= 15 is 0 Å². The highest BCUT2D eigenvalue weighted by molar-refractivity contribution is 9.10. The third-order valence-corrected chi connectivity index (χ3v) is 7.13. The third-order valence-electron chi connectivity index (χ3n) is 2.68. The van der Waals surface area contributed by atoms with Gasteiger partial charge in [0.25, 0.3) is 10.0 Å². The lowest BCUT2D eigenvalue weighted by atomic mass is 10.2. The quantitative estimate of drug-likeness (QED) is 0.852. The largest absolute Gasteiger partial charge is 0.398 e. The molecule has 0 aliphatic rings. The number of para-hydroxylation sites is 1. The highest BCUT2D eigenvalue weighted by Crippen LogP contribution is 2.30. The first-order valence-corrected chi connectivity index (χ1v) is 8.57. The van der Waals surface area contributed by atoms with Crippen LogP contribution in [-0.4, -0.2) is 19.8 Å². The van der Waals surface area contributed by atoms with Crippen molar-refractivity contribution in [2.75, 3.05) is 12.8 Å². The minimum Gasteiger partial charge on any atom is -0.398 e. The molecule has 2 rings (SSSR count). The normalized spacial score (nSPS) is 11.9. The maximum atomic E-state index is 12.4. The molecule has 0 aliphatic heterocycles. The van der Waals surface area contributed by atoms with Gasteiger partial charge in [0.1, 0.15) is 4.21 Å². The van der Waals surface area contributed by atoms with E-state index in [1.165, 1.54) is 15.6 Å². The van der Waals surface area contributed by atoms with Crippen molar-refractivity contribution >= 4 is 43.0 Å². The van der Waals surface area contributed by atoms with Gasteiger partial charge in [-0.3, -0.25) is 0 Å². The molecule has 1 aromatic heterocycles. The maximum Gasteiger partial charge on any atom is 0.253 e. The lowest BCUT2D eigenvalue weighted by Gasteiger charge is -2.17. The Kier molecular flexibility index (Phi) is 4.29. The van der Waals surface area contributed by atoms with E-state index in [0.717, 1.165) is 5.56 Å². The van der Waals surface area contributed by atoms with Crippen LogP contribution in [0, 0.1) is 0 Å². The summed E-state index contributed by atoms with van der Waals surface area (Å²) in [6, 6.07) is 8.97. The zero-order valence-electron chi connectivity index (χ0n) is 10.2. The molecule has 1 heterocycles. The van der Waals surface area contributed by atoms with E-state index in [-0.39, 0.29) is 6.54 Å². The zero-order chi connectivity index (χ0) is 14.0. The van der Waals surface area contributed by atoms with Crippen LogP contribution in [-0.2, 0) is 16.6 Å². The SMILES string of the molecule is CN(Cc1ccccc1N)S(=O)(=O)c1sccc1Br. The molecular formula is C12H13BrN2O2S2. The van der Waals surface area contributed by atoms with Gasteiger partial charge in [-0.15, -0.1) is 11.3 Å². The molecule has 0 bridgehead atoms. The van der Waals surface area contributed by atoms with Crippen molar-refractivity contribution in [3.05, 3.63) is 45.7 Å². The second-order valence-electron chi connectivity index (χ2n) is 4.02. The van der Waals surface area contributed by atoms with E-state index in [2.05, 4.69) is 15.9 Å². The van der Waals surface area contributed by atoms with Crippen molar-refractivity contribution in [3.63, 3.8) is 0 Å². The van der Waals surface area contributed by atoms with E-state index in [1.807, 2.05) is 18.2 Å².